The number of esters is 2. The van der Waals surface area contributed by atoms with Crippen LogP contribution in [-0.4, -0.2) is 35.4 Å². The van der Waals surface area contributed by atoms with Gasteiger partial charge in [0.05, 0.1) is 6.10 Å². The third-order valence-corrected chi connectivity index (χ3v) is 9.57. The average Bonchev–Trinajstić information content (AvgIpc) is 2.91. The lowest BCUT2D eigenvalue weighted by Crippen LogP contribution is -2.58. The highest BCUT2D eigenvalue weighted by Crippen LogP contribution is 2.69. The SMILES string of the molecule is CC(=O)OC[C@]12CC[C@H](O)C=C1[C@@H](C)C[C@@H]1[C@@H]2CC[C@@]2(C)[C@H]1CC[C@]2(C)OC(C)=O. The van der Waals surface area contributed by atoms with E-state index in [9.17, 15) is 14.7 Å². The maximum absolute atomic E-state index is 11.9. The zero-order valence-electron chi connectivity index (χ0n) is 19.2. The largest absolute Gasteiger partial charge is 0.465 e. The van der Waals surface area contributed by atoms with Gasteiger partial charge in [-0.15, -0.1) is 0 Å². The van der Waals surface area contributed by atoms with Crippen molar-refractivity contribution >= 4 is 11.9 Å². The van der Waals surface area contributed by atoms with Gasteiger partial charge in [0.25, 0.3) is 0 Å². The van der Waals surface area contributed by atoms with Crippen molar-refractivity contribution < 1.29 is 24.2 Å². The molecule has 1 N–H and O–H groups in total. The third kappa shape index (κ3) is 3.14. The summed E-state index contributed by atoms with van der Waals surface area (Å²) in [6.07, 6.45) is 8.46. The Hall–Kier alpha value is -1.36. The molecule has 0 aliphatic heterocycles. The topological polar surface area (TPSA) is 72.8 Å². The second kappa shape index (κ2) is 7.36. The first kappa shape index (κ1) is 21.9. The molecule has 0 radical (unpaired) electrons. The lowest BCUT2D eigenvalue weighted by molar-refractivity contribution is -0.181. The fourth-order valence-corrected chi connectivity index (χ4v) is 8.10. The van der Waals surface area contributed by atoms with Crippen molar-refractivity contribution in [3.05, 3.63) is 11.6 Å². The van der Waals surface area contributed by atoms with E-state index in [1.165, 1.54) is 19.4 Å². The molecule has 0 bridgehead atoms. The molecular formula is C25H38O5. The molecule has 0 aromatic rings. The summed E-state index contributed by atoms with van der Waals surface area (Å²) in [6.45, 7) is 10.2. The summed E-state index contributed by atoms with van der Waals surface area (Å²) < 4.78 is 11.6. The molecule has 4 rings (SSSR count). The number of carbonyl (C=O) groups is 2. The number of ether oxygens (including phenoxy) is 2. The number of rotatable bonds is 3. The molecule has 3 saturated carbocycles. The van der Waals surface area contributed by atoms with E-state index in [-0.39, 0.29) is 22.8 Å². The zero-order valence-corrected chi connectivity index (χ0v) is 19.2. The van der Waals surface area contributed by atoms with Crippen LogP contribution in [0.1, 0.15) is 79.6 Å². The van der Waals surface area contributed by atoms with Crippen molar-refractivity contribution in [1.82, 2.24) is 0 Å². The minimum Gasteiger partial charge on any atom is -0.465 e. The summed E-state index contributed by atoms with van der Waals surface area (Å²) >= 11 is 0. The Morgan fingerprint density at radius 3 is 2.43 bits per heavy atom. The Balaban J connectivity index is 1.71. The monoisotopic (exact) mass is 418 g/mol. The van der Waals surface area contributed by atoms with Crippen molar-refractivity contribution in [3.63, 3.8) is 0 Å². The van der Waals surface area contributed by atoms with E-state index in [1.54, 1.807) is 0 Å². The Morgan fingerprint density at radius 1 is 1.07 bits per heavy atom. The fraction of sp³-hybridized carbons (Fsp3) is 0.840. The van der Waals surface area contributed by atoms with Crippen molar-refractivity contribution in [3.8, 4) is 0 Å². The van der Waals surface area contributed by atoms with Gasteiger partial charge in [-0.05, 0) is 75.5 Å². The molecule has 0 aromatic heterocycles. The lowest BCUT2D eigenvalue weighted by atomic mass is 9.44. The van der Waals surface area contributed by atoms with E-state index in [4.69, 9.17) is 9.47 Å². The van der Waals surface area contributed by atoms with Gasteiger partial charge in [-0.3, -0.25) is 9.59 Å². The Kier molecular flexibility index (Phi) is 5.36. The number of fused-ring (bicyclic) bond motifs is 5. The van der Waals surface area contributed by atoms with Crippen LogP contribution in [0.3, 0.4) is 0 Å². The highest BCUT2D eigenvalue weighted by Gasteiger charge is 2.65. The Labute approximate surface area is 180 Å². The Bertz CT molecular complexity index is 759. The first-order valence-electron chi connectivity index (χ1n) is 11.8. The van der Waals surface area contributed by atoms with Crippen molar-refractivity contribution in [2.75, 3.05) is 6.61 Å². The van der Waals surface area contributed by atoms with E-state index >= 15 is 0 Å². The average molecular weight is 419 g/mol. The van der Waals surface area contributed by atoms with Gasteiger partial charge in [0.1, 0.15) is 12.2 Å². The number of aliphatic hydroxyl groups excluding tert-OH is 1. The van der Waals surface area contributed by atoms with Gasteiger partial charge in [-0.1, -0.05) is 25.5 Å². The molecule has 4 aliphatic rings. The molecule has 0 aromatic carbocycles. The number of hydrogen-bond donors (Lipinski definition) is 1. The molecule has 168 valence electrons. The maximum Gasteiger partial charge on any atom is 0.303 e. The molecule has 0 amide bonds. The zero-order chi connectivity index (χ0) is 21.9. The molecule has 5 heteroatoms. The van der Waals surface area contributed by atoms with Crippen LogP contribution < -0.4 is 0 Å². The van der Waals surface area contributed by atoms with E-state index in [0.29, 0.717) is 30.3 Å². The third-order valence-electron chi connectivity index (χ3n) is 9.57. The van der Waals surface area contributed by atoms with E-state index in [1.807, 2.05) is 0 Å². The molecule has 5 nitrogen and oxygen atoms in total. The molecule has 0 heterocycles. The van der Waals surface area contributed by atoms with Crippen LogP contribution in [0.15, 0.2) is 11.6 Å². The van der Waals surface area contributed by atoms with Crippen LogP contribution >= 0.6 is 0 Å². The molecule has 8 atom stereocenters. The molecule has 4 aliphatic carbocycles. The minimum atomic E-state index is -0.403. The summed E-state index contributed by atoms with van der Waals surface area (Å²) in [5.74, 6) is 1.43. The van der Waals surface area contributed by atoms with Gasteiger partial charge >= 0.3 is 11.9 Å². The van der Waals surface area contributed by atoms with Crippen LogP contribution in [0.5, 0.6) is 0 Å². The summed E-state index contributed by atoms with van der Waals surface area (Å²) in [5, 5.41) is 10.4. The second-order valence-corrected chi connectivity index (χ2v) is 11.0. The number of hydrogen-bond acceptors (Lipinski definition) is 5. The molecular weight excluding hydrogens is 380 g/mol. The van der Waals surface area contributed by atoms with Crippen LogP contribution in [-0.2, 0) is 19.1 Å². The highest BCUT2D eigenvalue weighted by molar-refractivity contribution is 5.67. The normalized spacial score (nSPS) is 47.4. The van der Waals surface area contributed by atoms with Crippen LogP contribution in [0.25, 0.3) is 0 Å². The molecule has 0 spiro atoms. The van der Waals surface area contributed by atoms with Gasteiger partial charge in [0.2, 0.25) is 0 Å². The highest BCUT2D eigenvalue weighted by atomic mass is 16.6. The minimum absolute atomic E-state index is 0.0163. The lowest BCUT2D eigenvalue weighted by Gasteiger charge is -2.61. The molecule has 3 fully saturated rings. The van der Waals surface area contributed by atoms with Gasteiger partial charge < -0.3 is 14.6 Å². The summed E-state index contributed by atoms with van der Waals surface area (Å²) in [6, 6.07) is 0. The van der Waals surface area contributed by atoms with Gasteiger partial charge in [-0.25, -0.2) is 0 Å². The van der Waals surface area contributed by atoms with Crippen LogP contribution in [0.2, 0.25) is 0 Å². The summed E-state index contributed by atoms with van der Waals surface area (Å²) in [7, 11) is 0. The predicted molar refractivity (Wildman–Crippen MR) is 113 cm³/mol. The molecule has 0 saturated heterocycles. The summed E-state index contributed by atoms with van der Waals surface area (Å²) in [5.41, 5.74) is 0.736. The second-order valence-electron chi connectivity index (χ2n) is 11.0. The first-order chi connectivity index (χ1) is 14.0. The predicted octanol–water partition coefficient (Wildman–Crippen LogP) is 4.42. The van der Waals surface area contributed by atoms with Gasteiger partial charge in [0.15, 0.2) is 0 Å². The number of aliphatic hydroxyl groups is 1. The molecule has 0 unspecified atom stereocenters. The van der Waals surface area contributed by atoms with Crippen molar-refractivity contribution in [2.45, 2.75) is 91.3 Å². The van der Waals surface area contributed by atoms with E-state index in [0.717, 1.165) is 44.9 Å². The number of carbonyl (C=O) groups excluding carboxylic acids is 2. The van der Waals surface area contributed by atoms with Crippen molar-refractivity contribution in [2.24, 2.45) is 34.5 Å². The van der Waals surface area contributed by atoms with Gasteiger partial charge in [-0.2, -0.15) is 0 Å². The van der Waals surface area contributed by atoms with Gasteiger partial charge in [0, 0.05) is 24.7 Å². The van der Waals surface area contributed by atoms with E-state index in [2.05, 4.69) is 26.8 Å². The van der Waals surface area contributed by atoms with Crippen molar-refractivity contribution in [1.29, 1.82) is 0 Å². The maximum atomic E-state index is 11.9. The summed E-state index contributed by atoms with van der Waals surface area (Å²) in [4.78, 5) is 23.6. The fourth-order valence-electron chi connectivity index (χ4n) is 8.10. The first-order valence-corrected chi connectivity index (χ1v) is 11.8. The van der Waals surface area contributed by atoms with Crippen LogP contribution in [0.4, 0.5) is 0 Å². The quantitative estimate of drug-likeness (QED) is 0.542. The standard InChI is InChI=1S/C25H38O5/c1-15-12-19-20-8-10-24(5,30-17(3)27)23(20,4)9-7-21(19)25(14-29-16(2)26)11-6-18(28)13-22(15)25/h13,15,18-21,28H,6-12,14H2,1-5H3/t15-,18-,19-,20-,21-,23-,24-,25-/m0/s1. The van der Waals surface area contributed by atoms with Crippen LogP contribution in [0, 0.1) is 34.5 Å². The Morgan fingerprint density at radius 2 is 1.77 bits per heavy atom. The van der Waals surface area contributed by atoms with E-state index < -0.39 is 11.7 Å². The molecule has 30 heavy (non-hydrogen) atoms. The smallest absolute Gasteiger partial charge is 0.303 e.